The van der Waals surface area contributed by atoms with E-state index in [0.717, 1.165) is 12.8 Å². The van der Waals surface area contributed by atoms with E-state index in [4.69, 9.17) is 18.0 Å². The van der Waals surface area contributed by atoms with Gasteiger partial charge < -0.3 is 11.1 Å². The standard InChI is InChI=1S/C13H19N3O2S2/c1-10-3-2-8-16(9-10)20(17,18)12-6-4-11(5-7-12)15-13(14)19/h4-7,10H,2-3,8-9H2,1H3,(H3,14,15,19). The molecule has 0 aromatic heterocycles. The van der Waals surface area contributed by atoms with Gasteiger partial charge in [0.05, 0.1) is 4.90 Å². The van der Waals surface area contributed by atoms with Crippen LogP contribution in [0.1, 0.15) is 19.8 Å². The molecule has 110 valence electrons. The van der Waals surface area contributed by atoms with Gasteiger partial charge in [0, 0.05) is 18.8 Å². The Morgan fingerprint density at radius 2 is 2.05 bits per heavy atom. The molecule has 0 radical (unpaired) electrons. The van der Waals surface area contributed by atoms with Crippen molar-refractivity contribution >= 4 is 33.0 Å². The lowest BCUT2D eigenvalue weighted by Crippen LogP contribution is -2.39. The number of rotatable bonds is 3. The van der Waals surface area contributed by atoms with Crippen LogP contribution in [0.15, 0.2) is 29.2 Å². The first-order valence-electron chi connectivity index (χ1n) is 6.56. The van der Waals surface area contributed by atoms with Gasteiger partial charge in [0.2, 0.25) is 10.0 Å². The van der Waals surface area contributed by atoms with Gasteiger partial charge in [-0.25, -0.2) is 8.42 Å². The Morgan fingerprint density at radius 1 is 1.40 bits per heavy atom. The molecule has 2 rings (SSSR count). The van der Waals surface area contributed by atoms with E-state index in [0.29, 0.717) is 29.6 Å². The highest BCUT2D eigenvalue weighted by atomic mass is 32.2. The SMILES string of the molecule is CC1CCCN(S(=O)(=O)c2ccc(NC(N)=S)cc2)C1. The van der Waals surface area contributed by atoms with Gasteiger partial charge in [0.25, 0.3) is 0 Å². The number of thiocarbonyl (C=S) groups is 1. The molecule has 0 aliphatic carbocycles. The van der Waals surface area contributed by atoms with E-state index in [1.807, 2.05) is 0 Å². The van der Waals surface area contributed by atoms with Gasteiger partial charge in [-0.05, 0) is 55.2 Å². The van der Waals surface area contributed by atoms with Gasteiger partial charge in [-0.3, -0.25) is 0 Å². The molecule has 7 heteroatoms. The molecule has 3 N–H and O–H groups in total. The number of nitrogens with zero attached hydrogens (tertiary/aromatic N) is 1. The third-order valence-electron chi connectivity index (χ3n) is 3.38. The molecule has 1 aliphatic heterocycles. The summed E-state index contributed by atoms with van der Waals surface area (Å²) < 4.78 is 26.6. The van der Waals surface area contributed by atoms with Gasteiger partial charge in [0.1, 0.15) is 0 Å². The van der Waals surface area contributed by atoms with Crippen LogP contribution in [-0.4, -0.2) is 30.9 Å². The molecule has 1 aliphatic rings. The number of piperidine rings is 1. The number of anilines is 1. The summed E-state index contributed by atoms with van der Waals surface area (Å²) in [5.41, 5.74) is 6.06. The number of hydrogen-bond donors (Lipinski definition) is 2. The monoisotopic (exact) mass is 313 g/mol. The normalized spacial score (nSPS) is 20.6. The molecule has 1 saturated heterocycles. The fourth-order valence-electron chi connectivity index (χ4n) is 2.37. The van der Waals surface area contributed by atoms with Crippen molar-refractivity contribution in [1.29, 1.82) is 0 Å². The second-order valence-corrected chi connectivity index (χ2v) is 7.50. The molecule has 0 spiro atoms. The lowest BCUT2D eigenvalue weighted by atomic mass is 10.0. The molecule has 1 aromatic carbocycles. The summed E-state index contributed by atoms with van der Waals surface area (Å²) in [6, 6.07) is 6.49. The molecular weight excluding hydrogens is 294 g/mol. The number of nitrogens with two attached hydrogens (primary N) is 1. The van der Waals surface area contributed by atoms with Crippen molar-refractivity contribution in [2.45, 2.75) is 24.7 Å². The van der Waals surface area contributed by atoms with Gasteiger partial charge in [-0.2, -0.15) is 4.31 Å². The van der Waals surface area contributed by atoms with Crippen molar-refractivity contribution < 1.29 is 8.42 Å². The Morgan fingerprint density at radius 3 is 2.60 bits per heavy atom. The first kappa shape index (κ1) is 15.2. The summed E-state index contributed by atoms with van der Waals surface area (Å²) in [5.74, 6) is 0.411. The van der Waals surface area contributed by atoms with Crippen LogP contribution in [0, 0.1) is 5.92 Å². The van der Waals surface area contributed by atoms with E-state index >= 15 is 0 Å². The van der Waals surface area contributed by atoms with Gasteiger partial charge in [-0.15, -0.1) is 0 Å². The van der Waals surface area contributed by atoms with Crippen LogP contribution in [0.2, 0.25) is 0 Å². The summed E-state index contributed by atoms with van der Waals surface area (Å²) in [4.78, 5) is 0.306. The van der Waals surface area contributed by atoms with Crippen LogP contribution >= 0.6 is 12.2 Å². The van der Waals surface area contributed by atoms with Crippen LogP contribution < -0.4 is 11.1 Å². The zero-order chi connectivity index (χ0) is 14.8. The predicted octanol–water partition coefficient (Wildman–Crippen LogP) is 1.76. The Labute approximate surface area is 125 Å². The molecule has 1 unspecified atom stereocenters. The van der Waals surface area contributed by atoms with Crippen molar-refractivity contribution in [3.8, 4) is 0 Å². The lowest BCUT2D eigenvalue weighted by Gasteiger charge is -2.30. The maximum absolute atomic E-state index is 12.5. The smallest absolute Gasteiger partial charge is 0.243 e. The van der Waals surface area contributed by atoms with Gasteiger partial charge in [-0.1, -0.05) is 6.92 Å². The topological polar surface area (TPSA) is 75.4 Å². The van der Waals surface area contributed by atoms with E-state index in [1.165, 1.54) is 0 Å². The summed E-state index contributed by atoms with van der Waals surface area (Å²) in [7, 11) is -3.40. The maximum atomic E-state index is 12.5. The number of nitrogens with one attached hydrogen (secondary N) is 1. The minimum atomic E-state index is -3.40. The summed E-state index contributed by atoms with van der Waals surface area (Å²) >= 11 is 4.74. The number of hydrogen-bond acceptors (Lipinski definition) is 3. The van der Waals surface area contributed by atoms with Crippen molar-refractivity contribution in [2.24, 2.45) is 11.7 Å². The quantitative estimate of drug-likeness (QED) is 0.832. The summed E-state index contributed by atoms with van der Waals surface area (Å²) in [5, 5.41) is 2.93. The van der Waals surface area contributed by atoms with Crippen LogP contribution in [0.3, 0.4) is 0 Å². The Balaban J connectivity index is 2.19. The molecule has 0 saturated carbocycles. The molecular formula is C13H19N3O2S2. The second-order valence-electron chi connectivity index (χ2n) is 5.12. The van der Waals surface area contributed by atoms with Crippen LogP contribution in [0.4, 0.5) is 5.69 Å². The average molecular weight is 313 g/mol. The summed E-state index contributed by atoms with van der Waals surface area (Å²) in [6.07, 6.45) is 2.00. The van der Waals surface area contributed by atoms with E-state index in [9.17, 15) is 8.42 Å². The molecule has 1 atom stereocenters. The van der Waals surface area contributed by atoms with Crippen molar-refractivity contribution in [2.75, 3.05) is 18.4 Å². The molecule has 1 aromatic rings. The zero-order valence-corrected chi connectivity index (χ0v) is 13.0. The molecule has 1 fully saturated rings. The lowest BCUT2D eigenvalue weighted by molar-refractivity contribution is 0.281. The van der Waals surface area contributed by atoms with E-state index in [-0.39, 0.29) is 5.11 Å². The molecule has 5 nitrogen and oxygen atoms in total. The first-order chi connectivity index (χ1) is 9.39. The molecule has 0 bridgehead atoms. The Kier molecular flexibility index (Phi) is 4.62. The average Bonchev–Trinajstić information content (AvgIpc) is 2.38. The highest BCUT2D eigenvalue weighted by molar-refractivity contribution is 7.89. The third kappa shape index (κ3) is 3.47. The first-order valence-corrected chi connectivity index (χ1v) is 8.41. The fraction of sp³-hybridized carbons (Fsp3) is 0.462. The van der Waals surface area contributed by atoms with Gasteiger partial charge >= 0.3 is 0 Å². The van der Waals surface area contributed by atoms with E-state index < -0.39 is 10.0 Å². The highest BCUT2D eigenvalue weighted by Crippen LogP contribution is 2.24. The Bertz CT molecular complexity index is 584. The Hall–Kier alpha value is -1.18. The van der Waals surface area contributed by atoms with Crippen molar-refractivity contribution in [1.82, 2.24) is 4.31 Å². The van der Waals surface area contributed by atoms with Crippen molar-refractivity contribution in [3.05, 3.63) is 24.3 Å². The van der Waals surface area contributed by atoms with E-state index in [2.05, 4.69) is 12.2 Å². The summed E-state index contributed by atoms with van der Waals surface area (Å²) in [6.45, 7) is 3.27. The van der Waals surface area contributed by atoms with E-state index in [1.54, 1.807) is 28.6 Å². The third-order valence-corrected chi connectivity index (χ3v) is 5.36. The van der Waals surface area contributed by atoms with Crippen LogP contribution in [0.25, 0.3) is 0 Å². The zero-order valence-electron chi connectivity index (χ0n) is 11.4. The van der Waals surface area contributed by atoms with Crippen molar-refractivity contribution in [3.63, 3.8) is 0 Å². The minimum absolute atomic E-state index is 0.158. The van der Waals surface area contributed by atoms with Gasteiger partial charge in [0.15, 0.2) is 5.11 Å². The largest absolute Gasteiger partial charge is 0.376 e. The highest BCUT2D eigenvalue weighted by Gasteiger charge is 2.28. The number of benzene rings is 1. The van der Waals surface area contributed by atoms with Crippen LogP contribution in [0.5, 0.6) is 0 Å². The predicted molar refractivity (Wildman–Crippen MR) is 84.0 cm³/mol. The minimum Gasteiger partial charge on any atom is -0.376 e. The molecule has 0 amide bonds. The fourth-order valence-corrected chi connectivity index (χ4v) is 4.08. The molecule has 20 heavy (non-hydrogen) atoms. The second kappa shape index (κ2) is 6.07. The van der Waals surface area contributed by atoms with Crippen LogP contribution in [-0.2, 0) is 10.0 Å². The maximum Gasteiger partial charge on any atom is 0.243 e. The molecule has 1 heterocycles. The number of sulfonamides is 1.